The quantitative estimate of drug-likeness (QED) is 0.584. The van der Waals surface area contributed by atoms with Gasteiger partial charge in [0.1, 0.15) is 5.75 Å². The highest BCUT2D eigenvalue weighted by Crippen LogP contribution is 2.26. The Morgan fingerprint density at radius 2 is 1.61 bits per heavy atom. The Bertz CT molecular complexity index is 597. The molecule has 0 atom stereocenters. The summed E-state index contributed by atoms with van der Waals surface area (Å²) < 4.78 is 5.15. The zero-order valence-electron chi connectivity index (χ0n) is 8.99. The van der Waals surface area contributed by atoms with Gasteiger partial charge in [0.25, 0.3) is 0 Å². The van der Waals surface area contributed by atoms with E-state index in [9.17, 15) is 4.79 Å². The van der Waals surface area contributed by atoms with E-state index in [1.807, 2.05) is 0 Å². The smallest absolute Gasteiger partial charge is 0.343 e. The van der Waals surface area contributed by atoms with Gasteiger partial charge in [-0.15, -0.1) is 0 Å². The lowest BCUT2D eigenvalue weighted by Crippen LogP contribution is -2.08. The third kappa shape index (κ3) is 2.96. The molecule has 0 aliphatic heterocycles. The van der Waals surface area contributed by atoms with Gasteiger partial charge in [-0.25, -0.2) is 4.79 Å². The molecule has 0 spiro atoms. The van der Waals surface area contributed by atoms with E-state index in [0.29, 0.717) is 26.4 Å². The van der Waals surface area contributed by atoms with Gasteiger partial charge in [0, 0.05) is 0 Å². The van der Waals surface area contributed by atoms with Crippen molar-refractivity contribution in [2.24, 2.45) is 0 Å². The second kappa shape index (κ2) is 5.61. The van der Waals surface area contributed by atoms with Crippen LogP contribution < -0.4 is 4.74 Å². The Kier molecular flexibility index (Phi) is 4.12. The molecule has 0 aliphatic carbocycles. The van der Waals surface area contributed by atoms with E-state index in [1.54, 1.807) is 24.3 Å². The fourth-order valence-corrected chi connectivity index (χ4v) is 1.78. The summed E-state index contributed by atoms with van der Waals surface area (Å²) in [6, 6.07) is 11.2. The Hall–Kier alpha value is -1.22. The first-order valence-electron chi connectivity index (χ1n) is 4.99. The number of benzene rings is 2. The van der Waals surface area contributed by atoms with Crippen molar-refractivity contribution in [3.05, 3.63) is 63.1 Å². The van der Waals surface area contributed by atoms with Gasteiger partial charge in [-0.2, -0.15) is 0 Å². The fourth-order valence-electron chi connectivity index (χ4n) is 1.31. The van der Waals surface area contributed by atoms with Crippen LogP contribution in [0.3, 0.4) is 0 Å². The molecule has 0 N–H and O–H groups in total. The van der Waals surface area contributed by atoms with Gasteiger partial charge in [0.05, 0.1) is 20.6 Å². The van der Waals surface area contributed by atoms with Gasteiger partial charge >= 0.3 is 5.97 Å². The van der Waals surface area contributed by atoms with E-state index in [1.165, 1.54) is 18.2 Å². The summed E-state index contributed by atoms with van der Waals surface area (Å²) in [5.41, 5.74) is 0.310. The fraction of sp³-hybridized carbons (Fsp3) is 0. The number of rotatable bonds is 2. The van der Waals surface area contributed by atoms with Crippen LogP contribution in [0.2, 0.25) is 15.1 Å². The topological polar surface area (TPSA) is 26.3 Å². The Labute approximate surface area is 119 Å². The SMILES string of the molecule is O=C(Oc1ccccc1Cl)c1ccc(Cl)c(Cl)c1. The molecule has 0 fully saturated rings. The second-order valence-electron chi connectivity index (χ2n) is 3.45. The average molecular weight is 302 g/mol. The van der Waals surface area contributed by atoms with Crippen molar-refractivity contribution >= 4 is 40.8 Å². The van der Waals surface area contributed by atoms with Crippen LogP contribution in [-0.2, 0) is 0 Å². The molecule has 5 heteroatoms. The summed E-state index contributed by atoms with van der Waals surface area (Å²) in [4.78, 5) is 11.8. The number of carbonyl (C=O) groups excluding carboxylic acids is 1. The second-order valence-corrected chi connectivity index (χ2v) is 4.67. The number of carbonyl (C=O) groups is 1. The first-order valence-corrected chi connectivity index (χ1v) is 6.13. The predicted molar refractivity (Wildman–Crippen MR) is 72.9 cm³/mol. The number of para-hydroxylation sites is 1. The normalized spacial score (nSPS) is 10.2. The Balaban J connectivity index is 2.22. The van der Waals surface area contributed by atoms with Crippen molar-refractivity contribution in [3.63, 3.8) is 0 Å². The summed E-state index contributed by atoms with van der Waals surface area (Å²) in [5.74, 6) is -0.239. The molecule has 2 aromatic rings. The van der Waals surface area contributed by atoms with Crippen LogP contribution in [0.5, 0.6) is 5.75 Å². The number of hydrogen-bond donors (Lipinski definition) is 0. The molecule has 0 amide bonds. The molecule has 92 valence electrons. The van der Waals surface area contributed by atoms with E-state index in [4.69, 9.17) is 39.5 Å². The summed E-state index contributed by atoms with van der Waals surface area (Å²) in [6.45, 7) is 0. The molecule has 0 radical (unpaired) electrons. The van der Waals surface area contributed by atoms with Crippen LogP contribution in [0, 0.1) is 0 Å². The molecule has 0 bridgehead atoms. The van der Waals surface area contributed by atoms with E-state index in [2.05, 4.69) is 0 Å². The van der Waals surface area contributed by atoms with Gasteiger partial charge in [0.2, 0.25) is 0 Å². The van der Waals surface area contributed by atoms with Crippen LogP contribution in [0.4, 0.5) is 0 Å². The minimum absolute atomic E-state index is 0.297. The van der Waals surface area contributed by atoms with Crippen LogP contribution in [0.1, 0.15) is 10.4 Å². The average Bonchev–Trinajstić information content (AvgIpc) is 2.35. The molecule has 2 rings (SSSR count). The Morgan fingerprint density at radius 3 is 2.28 bits per heavy atom. The number of ether oxygens (including phenoxy) is 1. The largest absolute Gasteiger partial charge is 0.421 e. The van der Waals surface area contributed by atoms with Gasteiger partial charge in [-0.3, -0.25) is 0 Å². The van der Waals surface area contributed by atoms with Gasteiger partial charge in [-0.1, -0.05) is 46.9 Å². The molecule has 0 aromatic heterocycles. The van der Waals surface area contributed by atoms with Crippen LogP contribution in [-0.4, -0.2) is 5.97 Å². The van der Waals surface area contributed by atoms with Crippen molar-refractivity contribution in [1.29, 1.82) is 0 Å². The monoisotopic (exact) mass is 300 g/mol. The number of hydrogen-bond acceptors (Lipinski definition) is 2. The van der Waals surface area contributed by atoms with Gasteiger partial charge < -0.3 is 4.74 Å². The van der Waals surface area contributed by atoms with Crippen molar-refractivity contribution in [1.82, 2.24) is 0 Å². The summed E-state index contributed by atoms with van der Waals surface area (Å²) in [5, 5.41) is 1.04. The van der Waals surface area contributed by atoms with Crippen molar-refractivity contribution in [3.8, 4) is 5.75 Å². The first kappa shape index (κ1) is 13.2. The zero-order chi connectivity index (χ0) is 13.1. The first-order chi connectivity index (χ1) is 8.58. The van der Waals surface area contributed by atoms with E-state index < -0.39 is 5.97 Å². The molecule has 0 saturated carbocycles. The van der Waals surface area contributed by atoms with Crippen molar-refractivity contribution in [2.45, 2.75) is 0 Å². The molecule has 0 heterocycles. The van der Waals surface area contributed by atoms with Crippen LogP contribution in [0.25, 0.3) is 0 Å². The molecule has 0 unspecified atom stereocenters. The van der Waals surface area contributed by atoms with Crippen LogP contribution >= 0.6 is 34.8 Å². The summed E-state index contributed by atoms with van der Waals surface area (Å²) >= 11 is 17.5. The third-order valence-corrected chi connectivity index (χ3v) is 3.25. The van der Waals surface area contributed by atoms with E-state index in [-0.39, 0.29) is 0 Å². The standard InChI is InChI=1S/C13H7Cl3O2/c14-9-6-5-8(7-11(9)16)13(17)18-12-4-2-1-3-10(12)15/h1-7H. The van der Waals surface area contributed by atoms with Gasteiger partial charge in [0.15, 0.2) is 0 Å². The zero-order valence-corrected chi connectivity index (χ0v) is 11.3. The third-order valence-electron chi connectivity index (χ3n) is 2.19. The minimum Gasteiger partial charge on any atom is -0.421 e. The van der Waals surface area contributed by atoms with Crippen LogP contribution in [0.15, 0.2) is 42.5 Å². The molecular weight excluding hydrogens is 294 g/mol. The summed E-state index contributed by atoms with van der Waals surface area (Å²) in [7, 11) is 0. The maximum absolute atomic E-state index is 11.8. The highest BCUT2D eigenvalue weighted by Gasteiger charge is 2.12. The predicted octanol–water partition coefficient (Wildman–Crippen LogP) is 4.87. The summed E-state index contributed by atoms with van der Waals surface area (Å²) in [6.07, 6.45) is 0. The van der Waals surface area contributed by atoms with Gasteiger partial charge in [-0.05, 0) is 30.3 Å². The molecular formula is C13H7Cl3O2. The number of halogens is 3. The molecule has 0 aliphatic rings. The molecule has 18 heavy (non-hydrogen) atoms. The van der Waals surface area contributed by atoms with Crippen molar-refractivity contribution in [2.75, 3.05) is 0 Å². The minimum atomic E-state index is -0.540. The maximum atomic E-state index is 11.8. The van der Waals surface area contributed by atoms with Crippen molar-refractivity contribution < 1.29 is 9.53 Å². The molecule has 2 aromatic carbocycles. The highest BCUT2D eigenvalue weighted by atomic mass is 35.5. The lowest BCUT2D eigenvalue weighted by molar-refractivity contribution is 0.0735. The number of esters is 1. The Morgan fingerprint density at radius 1 is 0.889 bits per heavy atom. The lowest BCUT2D eigenvalue weighted by Gasteiger charge is -2.06. The molecule has 2 nitrogen and oxygen atoms in total. The lowest BCUT2D eigenvalue weighted by atomic mass is 10.2. The van der Waals surface area contributed by atoms with E-state index in [0.717, 1.165) is 0 Å². The van der Waals surface area contributed by atoms with E-state index >= 15 is 0 Å². The molecule has 0 saturated heterocycles. The maximum Gasteiger partial charge on any atom is 0.343 e. The highest BCUT2D eigenvalue weighted by molar-refractivity contribution is 6.42.